The van der Waals surface area contributed by atoms with Gasteiger partial charge in [-0.1, -0.05) is 0 Å². The van der Waals surface area contributed by atoms with Crippen molar-refractivity contribution >= 4 is 23.7 Å². The monoisotopic (exact) mass is 421 g/mol. The van der Waals surface area contributed by atoms with E-state index in [1.54, 1.807) is 0 Å². The van der Waals surface area contributed by atoms with E-state index in [9.17, 15) is 19.2 Å². The molecule has 0 radical (unpaired) electrons. The highest BCUT2D eigenvalue weighted by Gasteiger charge is 2.26. The van der Waals surface area contributed by atoms with Crippen LogP contribution in [0.2, 0.25) is 0 Å². The van der Waals surface area contributed by atoms with Gasteiger partial charge >= 0.3 is 5.97 Å². The van der Waals surface area contributed by atoms with Crippen LogP contribution in [0.4, 0.5) is 0 Å². The molecule has 0 aliphatic carbocycles. The van der Waals surface area contributed by atoms with Crippen LogP contribution in [0.15, 0.2) is 0 Å². The Hall–Kier alpha value is -2.32. The maximum Gasteiger partial charge on any atom is 0.326 e. The number of carboxylic acids is 1. The van der Waals surface area contributed by atoms with Crippen molar-refractivity contribution in [3.8, 4) is 0 Å². The summed E-state index contributed by atoms with van der Waals surface area (Å²) in [5.74, 6) is -3.48. The summed E-state index contributed by atoms with van der Waals surface area (Å²) in [6.45, 7) is 1.70. The molecule has 0 aromatic rings. The molecule has 0 aliphatic heterocycles. The Morgan fingerprint density at radius 3 is 2.07 bits per heavy atom. The number of nitrogens with one attached hydrogen (secondary N) is 3. The summed E-state index contributed by atoms with van der Waals surface area (Å²) in [6, 6.07) is -2.80. The standard InChI is InChI=1S/C16H31N5O8/c17-1-5-28-7-8-29-6-3-20-13(23)9-11(18)15(25)21-12(16(26)27)10-14(24)19-2-4-22/h11-12,22H,1-10,17-18H2,(H,19,24)(H,20,23)(H,21,25)(H,26,27)/t11-,12-/m0/s1. The Bertz CT molecular complexity index is 520. The smallest absolute Gasteiger partial charge is 0.326 e. The van der Waals surface area contributed by atoms with Crippen molar-refractivity contribution < 1.29 is 38.9 Å². The predicted octanol–water partition coefficient (Wildman–Crippen LogP) is -4.12. The molecule has 168 valence electrons. The van der Waals surface area contributed by atoms with E-state index in [0.29, 0.717) is 26.4 Å². The van der Waals surface area contributed by atoms with E-state index in [2.05, 4.69) is 16.0 Å². The Morgan fingerprint density at radius 2 is 1.48 bits per heavy atom. The SMILES string of the molecule is NCCOCCOCCNC(=O)C[C@H](N)C(=O)N[C@@H](CC(=O)NCCO)C(=O)O. The highest BCUT2D eigenvalue weighted by Crippen LogP contribution is 1.96. The van der Waals surface area contributed by atoms with E-state index in [1.807, 2.05) is 0 Å². The van der Waals surface area contributed by atoms with Gasteiger partial charge in [-0.25, -0.2) is 4.79 Å². The van der Waals surface area contributed by atoms with Crippen molar-refractivity contribution in [2.24, 2.45) is 11.5 Å². The molecule has 0 aromatic carbocycles. The Balaban J connectivity index is 4.14. The number of aliphatic carboxylic acids is 1. The van der Waals surface area contributed by atoms with Crippen LogP contribution in [-0.4, -0.2) is 98.7 Å². The summed E-state index contributed by atoms with van der Waals surface area (Å²) in [5, 5.41) is 24.6. The molecule has 0 rings (SSSR count). The fraction of sp³-hybridized carbons (Fsp3) is 0.750. The number of carbonyl (C=O) groups is 4. The third-order valence-corrected chi connectivity index (χ3v) is 3.38. The van der Waals surface area contributed by atoms with Crippen LogP contribution in [0.1, 0.15) is 12.8 Å². The van der Waals surface area contributed by atoms with Gasteiger partial charge in [0.25, 0.3) is 0 Å². The van der Waals surface area contributed by atoms with Crippen molar-refractivity contribution in [1.82, 2.24) is 16.0 Å². The lowest BCUT2D eigenvalue weighted by Gasteiger charge is -2.17. The fourth-order valence-electron chi connectivity index (χ4n) is 1.96. The van der Waals surface area contributed by atoms with Crippen LogP contribution in [0.5, 0.6) is 0 Å². The lowest BCUT2D eigenvalue weighted by atomic mass is 10.1. The molecular formula is C16H31N5O8. The molecule has 0 heterocycles. The van der Waals surface area contributed by atoms with Crippen LogP contribution < -0.4 is 27.4 Å². The molecule has 13 nitrogen and oxygen atoms in total. The van der Waals surface area contributed by atoms with E-state index >= 15 is 0 Å². The summed E-state index contributed by atoms with van der Waals surface area (Å²) in [5.41, 5.74) is 10.9. The highest BCUT2D eigenvalue weighted by atomic mass is 16.5. The predicted molar refractivity (Wildman–Crippen MR) is 101 cm³/mol. The van der Waals surface area contributed by atoms with Crippen molar-refractivity contribution in [3.63, 3.8) is 0 Å². The average molecular weight is 421 g/mol. The minimum atomic E-state index is -1.51. The van der Waals surface area contributed by atoms with Crippen LogP contribution in [-0.2, 0) is 28.7 Å². The first-order valence-corrected chi connectivity index (χ1v) is 9.10. The van der Waals surface area contributed by atoms with E-state index < -0.39 is 42.2 Å². The van der Waals surface area contributed by atoms with Gasteiger partial charge in [-0.2, -0.15) is 0 Å². The van der Waals surface area contributed by atoms with Crippen molar-refractivity contribution in [3.05, 3.63) is 0 Å². The van der Waals surface area contributed by atoms with Crippen molar-refractivity contribution in [1.29, 1.82) is 0 Å². The zero-order valence-electron chi connectivity index (χ0n) is 16.2. The first kappa shape index (κ1) is 26.7. The van der Waals surface area contributed by atoms with Crippen LogP contribution >= 0.6 is 0 Å². The second-order valence-corrected chi connectivity index (χ2v) is 5.85. The molecule has 29 heavy (non-hydrogen) atoms. The van der Waals surface area contributed by atoms with E-state index in [4.69, 9.17) is 31.2 Å². The highest BCUT2D eigenvalue weighted by molar-refractivity contribution is 5.92. The second-order valence-electron chi connectivity index (χ2n) is 5.85. The normalized spacial score (nSPS) is 12.7. The number of hydrogen-bond donors (Lipinski definition) is 7. The molecule has 13 heteroatoms. The van der Waals surface area contributed by atoms with Crippen molar-refractivity contribution in [2.45, 2.75) is 24.9 Å². The average Bonchev–Trinajstić information content (AvgIpc) is 2.67. The Morgan fingerprint density at radius 1 is 0.897 bits per heavy atom. The number of aliphatic hydroxyl groups excluding tert-OH is 1. The van der Waals surface area contributed by atoms with E-state index in [1.165, 1.54) is 0 Å². The van der Waals surface area contributed by atoms with Gasteiger partial charge < -0.3 is 47.1 Å². The molecule has 0 fully saturated rings. The molecular weight excluding hydrogens is 390 g/mol. The number of carboxylic acid groups (broad SMARTS) is 1. The number of ether oxygens (including phenoxy) is 2. The molecule has 0 aliphatic rings. The lowest BCUT2D eigenvalue weighted by molar-refractivity contribution is -0.143. The number of nitrogens with two attached hydrogens (primary N) is 2. The molecule has 0 spiro atoms. The third kappa shape index (κ3) is 14.3. The number of amides is 3. The van der Waals surface area contributed by atoms with Gasteiger partial charge in [0.1, 0.15) is 6.04 Å². The number of rotatable bonds is 17. The van der Waals surface area contributed by atoms with Gasteiger partial charge in [-0.05, 0) is 0 Å². The summed E-state index contributed by atoms with van der Waals surface area (Å²) in [7, 11) is 0. The largest absolute Gasteiger partial charge is 0.480 e. The summed E-state index contributed by atoms with van der Waals surface area (Å²) < 4.78 is 10.3. The fourth-order valence-corrected chi connectivity index (χ4v) is 1.96. The molecule has 2 atom stereocenters. The topological polar surface area (TPSA) is 215 Å². The van der Waals surface area contributed by atoms with Gasteiger partial charge in [0.05, 0.1) is 51.9 Å². The molecule has 3 amide bonds. The van der Waals surface area contributed by atoms with Gasteiger partial charge in [0.15, 0.2) is 0 Å². The first-order chi connectivity index (χ1) is 13.8. The van der Waals surface area contributed by atoms with Gasteiger partial charge in [-0.3, -0.25) is 14.4 Å². The minimum Gasteiger partial charge on any atom is -0.480 e. The van der Waals surface area contributed by atoms with Gasteiger partial charge in [0.2, 0.25) is 17.7 Å². The maximum absolute atomic E-state index is 12.0. The maximum atomic E-state index is 12.0. The summed E-state index contributed by atoms with van der Waals surface area (Å²) >= 11 is 0. The molecule has 0 saturated heterocycles. The lowest BCUT2D eigenvalue weighted by Crippen LogP contribution is -2.51. The molecule has 9 N–H and O–H groups in total. The quantitative estimate of drug-likeness (QED) is 0.113. The van der Waals surface area contributed by atoms with Crippen LogP contribution in [0.3, 0.4) is 0 Å². The number of hydrogen-bond acceptors (Lipinski definition) is 9. The van der Waals surface area contributed by atoms with Crippen molar-refractivity contribution in [2.75, 3.05) is 52.7 Å². The summed E-state index contributed by atoms with van der Waals surface area (Å²) in [6.07, 6.45) is -0.902. The minimum absolute atomic E-state index is 0.0384. The molecule has 0 unspecified atom stereocenters. The van der Waals surface area contributed by atoms with Gasteiger partial charge in [-0.15, -0.1) is 0 Å². The van der Waals surface area contributed by atoms with Gasteiger partial charge in [0, 0.05) is 19.6 Å². The second kappa shape index (κ2) is 16.6. The van der Waals surface area contributed by atoms with Crippen LogP contribution in [0.25, 0.3) is 0 Å². The zero-order chi connectivity index (χ0) is 22.1. The first-order valence-electron chi connectivity index (χ1n) is 9.10. The van der Waals surface area contributed by atoms with E-state index in [0.717, 1.165) is 0 Å². The van der Waals surface area contributed by atoms with Crippen LogP contribution in [0, 0.1) is 0 Å². The number of carbonyl (C=O) groups excluding carboxylic acids is 3. The zero-order valence-corrected chi connectivity index (χ0v) is 16.2. The van der Waals surface area contributed by atoms with E-state index in [-0.39, 0.29) is 32.7 Å². The number of aliphatic hydroxyl groups is 1. The third-order valence-electron chi connectivity index (χ3n) is 3.38. The Kier molecular flexibility index (Phi) is 15.3. The molecule has 0 aromatic heterocycles. The molecule has 0 saturated carbocycles. The summed E-state index contributed by atoms with van der Waals surface area (Å²) in [4.78, 5) is 46.5. The molecule has 0 bridgehead atoms. The Labute approximate surface area is 168 Å².